The number of anilines is 2. The molecule has 2 fully saturated rings. The molecule has 0 saturated carbocycles. The maximum Gasteiger partial charge on any atom is 0.150 e. The fourth-order valence-corrected chi connectivity index (χ4v) is 8.26. The predicted molar refractivity (Wildman–Crippen MR) is 238 cm³/mol. The number of likely N-dealkylation sites (tertiary alicyclic amines) is 1. The third-order valence-electron chi connectivity index (χ3n) is 11.5. The van der Waals surface area contributed by atoms with E-state index < -0.39 is 5.41 Å². The van der Waals surface area contributed by atoms with E-state index in [1.54, 1.807) is 36.8 Å². The number of aliphatic hydroxyl groups excluding tert-OH is 1. The van der Waals surface area contributed by atoms with Crippen molar-refractivity contribution in [2.24, 2.45) is 5.10 Å². The van der Waals surface area contributed by atoms with Crippen molar-refractivity contribution in [3.05, 3.63) is 144 Å². The number of aromatic nitrogens is 4. The normalized spacial score (nSPS) is 18.9. The Kier molecular flexibility index (Phi) is 13.2. The molecule has 3 atom stereocenters. The molecule has 2 aromatic carbocycles. The zero-order chi connectivity index (χ0) is 42.2. The summed E-state index contributed by atoms with van der Waals surface area (Å²) in [6.07, 6.45) is 18.4. The van der Waals surface area contributed by atoms with Gasteiger partial charge in [0.1, 0.15) is 40.3 Å². The lowest BCUT2D eigenvalue weighted by atomic mass is 9.82. The number of nitrogens with zero attached hydrogens (tertiary/aromatic N) is 8. The number of hydrogen-bond acceptors (Lipinski definition) is 11. The highest BCUT2D eigenvalue weighted by Gasteiger charge is 2.32. The number of benzene rings is 2. The Morgan fingerprint density at radius 3 is 2.55 bits per heavy atom. The molecule has 3 unspecified atom stereocenters. The highest BCUT2D eigenvalue weighted by Crippen LogP contribution is 2.39. The molecule has 60 heavy (non-hydrogen) atoms. The van der Waals surface area contributed by atoms with Gasteiger partial charge in [0.2, 0.25) is 0 Å². The molecule has 12 nitrogen and oxygen atoms in total. The SMILES string of the molecule is C=C(N/C=C\C)n1nc(N2CCCC2c2cccc(C(C)(C)/C=C(/c3cncc(NCCC(O)CC)n3)N3CC=CC(N4CCCC4c4cccc(F)c4)=N3)c2)ccc1=N. The lowest BCUT2D eigenvalue weighted by Crippen LogP contribution is -2.34. The first kappa shape index (κ1) is 42.1. The van der Waals surface area contributed by atoms with Gasteiger partial charge in [-0.3, -0.25) is 15.4 Å². The Bertz CT molecular complexity index is 2330. The standard InChI is InChI=1S/C47H58FN11O/c1-6-23-51-33(3)59-43(49)20-21-46(55-59)57-26-10-17-40(57)34-13-8-15-36(28-34)47(4,5)30-42(39-31-50-32-44(53-39)52-24-22-38(60)7-2)58-27-12-19-45(54-58)56-25-11-18-41(56)35-14-9-16-37(48)29-35/h6,8-9,12-16,19-21,23,28-32,38,40-41,49,51,60H,3,7,10-11,17-18,22,24-27H2,1-2,4-5H3,(H,52,53)/b23-6-,42-30-,49-43?. The maximum atomic E-state index is 14.4. The van der Waals surface area contributed by atoms with E-state index in [9.17, 15) is 9.50 Å². The lowest BCUT2D eigenvalue weighted by Gasteiger charge is -2.33. The van der Waals surface area contributed by atoms with Crippen molar-refractivity contribution in [1.82, 2.24) is 35.0 Å². The van der Waals surface area contributed by atoms with Crippen molar-refractivity contribution in [3.63, 3.8) is 0 Å². The first-order valence-electron chi connectivity index (χ1n) is 21.2. The molecule has 0 aliphatic carbocycles. The number of hydrazone groups is 1. The average molecular weight is 812 g/mol. The summed E-state index contributed by atoms with van der Waals surface area (Å²) < 4.78 is 15.9. The molecule has 5 heterocycles. The van der Waals surface area contributed by atoms with Crippen LogP contribution in [-0.2, 0) is 5.41 Å². The second-order valence-electron chi connectivity index (χ2n) is 16.2. The molecule has 4 aromatic rings. The van der Waals surface area contributed by atoms with E-state index in [0.717, 1.165) is 67.3 Å². The molecule has 4 N–H and O–H groups in total. The number of nitrogens with one attached hydrogen (secondary N) is 3. The van der Waals surface area contributed by atoms with E-state index in [-0.39, 0.29) is 29.5 Å². The van der Waals surface area contributed by atoms with Crippen LogP contribution >= 0.6 is 0 Å². The molecular formula is C47H58FN11O. The minimum atomic E-state index is -0.482. The molecule has 7 rings (SSSR count). The number of aliphatic hydroxyl groups is 1. The Balaban J connectivity index is 1.22. The second-order valence-corrected chi connectivity index (χ2v) is 16.2. The van der Waals surface area contributed by atoms with Gasteiger partial charge in [-0.15, -0.1) is 5.10 Å². The number of halogens is 1. The topological polar surface area (TPSA) is 134 Å². The van der Waals surface area contributed by atoms with Crippen molar-refractivity contribution in [2.75, 3.05) is 36.4 Å². The molecule has 2 aromatic heterocycles. The Hall–Kier alpha value is -6.08. The Morgan fingerprint density at radius 1 is 1.03 bits per heavy atom. The molecule has 3 aliphatic rings. The van der Waals surface area contributed by atoms with Crippen molar-refractivity contribution < 1.29 is 9.50 Å². The van der Waals surface area contributed by atoms with Crippen molar-refractivity contribution >= 4 is 29.0 Å². The van der Waals surface area contributed by atoms with Gasteiger partial charge < -0.3 is 25.5 Å². The van der Waals surface area contributed by atoms with Gasteiger partial charge in [-0.05, 0) is 105 Å². The van der Waals surface area contributed by atoms with Crippen LogP contribution < -0.4 is 21.0 Å². The smallest absolute Gasteiger partial charge is 0.150 e. The van der Waals surface area contributed by atoms with Gasteiger partial charge in [0.15, 0.2) is 0 Å². The quantitative estimate of drug-likeness (QED) is 0.0940. The summed E-state index contributed by atoms with van der Waals surface area (Å²) in [5.74, 6) is 2.52. The summed E-state index contributed by atoms with van der Waals surface area (Å²) in [4.78, 5) is 14.3. The highest BCUT2D eigenvalue weighted by atomic mass is 19.1. The summed E-state index contributed by atoms with van der Waals surface area (Å²) in [6, 6.07) is 19.5. The van der Waals surface area contributed by atoms with Crippen LogP contribution in [0.4, 0.5) is 16.0 Å². The lowest BCUT2D eigenvalue weighted by molar-refractivity contribution is 0.164. The van der Waals surface area contributed by atoms with Crippen LogP contribution in [0.15, 0.2) is 115 Å². The minimum absolute atomic E-state index is 0.0237. The summed E-state index contributed by atoms with van der Waals surface area (Å²) in [7, 11) is 0. The summed E-state index contributed by atoms with van der Waals surface area (Å²) >= 11 is 0. The van der Waals surface area contributed by atoms with Crippen LogP contribution in [0, 0.1) is 11.2 Å². The largest absolute Gasteiger partial charge is 0.393 e. The predicted octanol–water partition coefficient (Wildman–Crippen LogP) is 8.10. The Labute approximate surface area is 353 Å². The fourth-order valence-electron chi connectivity index (χ4n) is 8.26. The van der Waals surface area contributed by atoms with Gasteiger partial charge in [-0.25, -0.2) is 9.37 Å². The monoisotopic (exact) mass is 811 g/mol. The van der Waals surface area contributed by atoms with E-state index in [1.165, 1.54) is 16.3 Å². The first-order chi connectivity index (χ1) is 29.0. The third kappa shape index (κ3) is 9.68. The maximum absolute atomic E-state index is 14.4. The van der Waals surface area contributed by atoms with Crippen LogP contribution in [0.1, 0.15) is 101 Å². The minimum Gasteiger partial charge on any atom is -0.393 e. The van der Waals surface area contributed by atoms with Gasteiger partial charge in [-0.1, -0.05) is 75.9 Å². The van der Waals surface area contributed by atoms with Crippen LogP contribution in [0.2, 0.25) is 0 Å². The average Bonchev–Trinajstić information content (AvgIpc) is 3.97. The van der Waals surface area contributed by atoms with E-state index in [0.29, 0.717) is 43.3 Å². The Morgan fingerprint density at radius 2 is 1.78 bits per heavy atom. The van der Waals surface area contributed by atoms with E-state index in [4.69, 9.17) is 20.6 Å². The van der Waals surface area contributed by atoms with Gasteiger partial charge >= 0.3 is 0 Å². The van der Waals surface area contributed by atoms with Crippen molar-refractivity contribution in [1.29, 1.82) is 5.41 Å². The van der Waals surface area contributed by atoms with Crippen LogP contribution in [0.5, 0.6) is 0 Å². The molecule has 0 radical (unpaired) electrons. The first-order valence-corrected chi connectivity index (χ1v) is 21.2. The summed E-state index contributed by atoms with van der Waals surface area (Å²) in [5, 5.41) is 37.2. The summed E-state index contributed by atoms with van der Waals surface area (Å²) in [5.41, 5.74) is 4.54. The van der Waals surface area contributed by atoms with E-state index >= 15 is 0 Å². The molecule has 13 heteroatoms. The number of hydrogen-bond donors (Lipinski definition) is 4. The van der Waals surface area contributed by atoms with Crippen molar-refractivity contribution in [2.45, 2.75) is 89.8 Å². The zero-order valence-electron chi connectivity index (χ0n) is 35.2. The zero-order valence-corrected chi connectivity index (χ0v) is 35.2. The highest BCUT2D eigenvalue weighted by molar-refractivity contribution is 5.94. The molecule has 0 bridgehead atoms. The van der Waals surface area contributed by atoms with Crippen molar-refractivity contribution in [3.8, 4) is 0 Å². The van der Waals surface area contributed by atoms with Gasteiger partial charge in [0.05, 0.1) is 42.8 Å². The molecule has 0 spiro atoms. The van der Waals surface area contributed by atoms with Gasteiger partial charge in [0.25, 0.3) is 0 Å². The summed E-state index contributed by atoms with van der Waals surface area (Å²) in [6.45, 7) is 15.2. The van der Waals surface area contributed by atoms with Crippen LogP contribution in [-0.4, -0.2) is 72.9 Å². The molecular weight excluding hydrogens is 754 g/mol. The second kappa shape index (κ2) is 18.9. The molecule has 3 aliphatic heterocycles. The number of allylic oxidation sites excluding steroid dienone is 2. The van der Waals surface area contributed by atoms with E-state index in [2.05, 4.69) is 88.3 Å². The van der Waals surface area contributed by atoms with Gasteiger partial charge in [0, 0.05) is 25.0 Å². The van der Waals surface area contributed by atoms with E-state index in [1.807, 2.05) is 37.1 Å². The fraction of sp³-hybridized carbons (Fsp3) is 0.383. The molecule has 314 valence electrons. The van der Waals surface area contributed by atoms with Crippen LogP contribution in [0.3, 0.4) is 0 Å². The molecule has 2 saturated heterocycles. The van der Waals surface area contributed by atoms with Crippen LogP contribution in [0.25, 0.3) is 11.5 Å². The van der Waals surface area contributed by atoms with Gasteiger partial charge in [-0.2, -0.15) is 9.78 Å². The number of rotatable bonds is 15. The molecule has 0 amide bonds. The number of amidine groups is 1. The third-order valence-corrected chi connectivity index (χ3v) is 11.5.